The third kappa shape index (κ3) is 4.81. The fourth-order valence-electron chi connectivity index (χ4n) is 3.33. The van der Waals surface area contributed by atoms with Crippen molar-refractivity contribution < 1.29 is 20.4 Å². The monoisotopic (exact) mass is 386 g/mol. The third-order valence-corrected chi connectivity index (χ3v) is 5.06. The Kier molecular flexibility index (Phi) is 5.61. The summed E-state index contributed by atoms with van der Waals surface area (Å²) in [4.78, 5) is 0. The van der Waals surface area contributed by atoms with Crippen LogP contribution >= 0.6 is 0 Å². The Morgan fingerprint density at radius 1 is 0.464 bits per heavy atom. The molecular weight excluding hydrogens is 352 g/mol. The van der Waals surface area contributed by atoms with Crippen molar-refractivity contribution in [2.45, 2.75) is 77.8 Å². The van der Waals surface area contributed by atoms with Gasteiger partial charge in [-0.3, -0.25) is 0 Å². The fourth-order valence-corrected chi connectivity index (χ4v) is 3.33. The van der Waals surface area contributed by atoms with E-state index < -0.39 is 22.4 Å². The molecule has 0 aliphatic heterocycles. The van der Waals surface area contributed by atoms with Crippen LogP contribution < -0.4 is 0 Å². The molecule has 2 aromatic carbocycles. The number of rotatable bonds is 5. The van der Waals surface area contributed by atoms with Gasteiger partial charge >= 0.3 is 0 Å². The van der Waals surface area contributed by atoms with E-state index in [2.05, 4.69) is 0 Å². The van der Waals surface area contributed by atoms with E-state index in [1.165, 1.54) is 0 Å². The lowest BCUT2D eigenvalue weighted by atomic mass is 9.80. The highest BCUT2D eigenvalue weighted by atomic mass is 16.3. The molecule has 0 spiro atoms. The summed E-state index contributed by atoms with van der Waals surface area (Å²) in [6.45, 7) is 13.6. The predicted octanol–water partition coefficient (Wildman–Crippen LogP) is 4.26. The Balaban J connectivity index is 2.84. The van der Waals surface area contributed by atoms with Gasteiger partial charge in [0.05, 0.1) is 22.4 Å². The van der Waals surface area contributed by atoms with Crippen molar-refractivity contribution in [1.29, 1.82) is 0 Å². The van der Waals surface area contributed by atoms with Crippen molar-refractivity contribution >= 4 is 0 Å². The van der Waals surface area contributed by atoms with Crippen molar-refractivity contribution in [3.63, 3.8) is 0 Å². The van der Waals surface area contributed by atoms with Gasteiger partial charge in [-0.25, -0.2) is 0 Å². The molecule has 4 heteroatoms. The average molecular weight is 387 g/mol. The summed E-state index contributed by atoms with van der Waals surface area (Å²) >= 11 is 0. The van der Waals surface area contributed by atoms with Gasteiger partial charge < -0.3 is 20.4 Å². The van der Waals surface area contributed by atoms with E-state index in [0.717, 1.165) is 11.1 Å². The molecule has 0 amide bonds. The second-order valence-corrected chi connectivity index (χ2v) is 9.76. The minimum absolute atomic E-state index is 0.661. The van der Waals surface area contributed by atoms with Crippen molar-refractivity contribution in [3.8, 4) is 11.1 Å². The number of hydrogen-bond acceptors (Lipinski definition) is 4. The fraction of sp³-hybridized carbons (Fsp3) is 0.500. The quantitative estimate of drug-likeness (QED) is 0.619. The van der Waals surface area contributed by atoms with Gasteiger partial charge in [0.15, 0.2) is 0 Å². The van der Waals surface area contributed by atoms with E-state index in [1.807, 2.05) is 36.4 Å². The molecule has 0 radical (unpaired) electrons. The lowest BCUT2D eigenvalue weighted by Crippen LogP contribution is -2.23. The van der Waals surface area contributed by atoms with Gasteiger partial charge in [-0.15, -0.1) is 0 Å². The SMILES string of the molecule is CC(C)(O)c1ccc(-c2ccc(C(C)(C)O)cc2C(C)(C)O)c(C(C)(C)O)c1. The first kappa shape index (κ1) is 22.6. The minimum atomic E-state index is -1.15. The average Bonchev–Trinajstić information content (AvgIpc) is 2.50. The van der Waals surface area contributed by atoms with Gasteiger partial charge in [0, 0.05) is 0 Å². The zero-order chi connectivity index (χ0) is 21.7. The Hall–Kier alpha value is -1.72. The van der Waals surface area contributed by atoms with Crippen LogP contribution in [-0.4, -0.2) is 20.4 Å². The van der Waals surface area contributed by atoms with Crippen LogP contribution in [0.25, 0.3) is 11.1 Å². The standard InChI is InChI=1S/C24H34O4/c1-21(2,25)15-9-11-17(19(13-15)23(5,6)27)18-12-10-16(22(3,4)26)14-20(18)24(7,8)28/h9-14,25-28H,1-8H3. The zero-order valence-corrected chi connectivity index (χ0v) is 18.3. The molecule has 28 heavy (non-hydrogen) atoms. The summed E-state index contributed by atoms with van der Waals surface area (Å²) < 4.78 is 0. The van der Waals surface area contributed by atoms with Crippen LogP contribution in [0.3, 0.4) is 0 Å². The molecule has 0 aliphatic carbocycles. The van der Waals surface area contributed by atoms with Crippen molar-refractivity contribution in [3.05, 3.63) is 58.7 Å². The molecule has 154 valence electrons. The highest BCUT2D eigenvalue weighted by Gasteiger charge is 2.29. The predicted molar refractivity (Wildman–Crippen MR) is 113 cm³/mol. The Morgan fingerprint density at radius 2 is 0.750 bits per heavy atom. The Bertz CT molecular complexity index is 781. The molecule has 0 unspecified atom stereocenters. The molecular formula is C24H34O4. The van der Waals surface area contributed by atoms with E-state index in [-0.39, 0.29) is 0 Å². The molecule has 4 N–H and O–H groups in total. The summed E-state index contributed by atoms with van der Waals surface area (Å²) in [6.07, 6.45) is 0. The molecule has 0 saturated carbocycles. The molecule has 0 heterocycles. The lowest BCUT2D eigenvalue weighted by molar-refractivity contribution is 0.0698. The van der Waals surface area contributed by atoms with E-state index in [1.54, 1.807) is 55.4 Å². The Labute approximate surface area is 168 Å². The summed E-state index contributed by atoms with van der Waals surface area (Å²) in [5, 5.41) is 42.4. The van der Waals surface area contributed by atoms with E-state index in [0.29, 0.717) is 22.3 Å². The number of benzene rings is 2. The van der Waals surface area contributed by atoms with Crippen LogP contribution in [-0.2, 0) is 22.4 Å². The van der Waals surface area contributed by atoms with Crippen LogP contribution in [0, 0.1) is 0 Å². The molecule has 2 aromatic rings. The van der Waals surface area contributed by atoms with Crippen molar-refractivity contribution in [1.82, 2.24) is 0 Å². The smallest absolute Gasteiger partial charge is 0.0846 e. The largest absolute Gasteiger partial charge is 0.386 e. The van der Waals surface area contributed by atoms with Crippen molar-refractivity contribution in [2.24, 2.45) is 0 Å². The first-order chi connectivity index (χ1) is 12.4. The maximum atomic E-state index is 10.8. The van der Waals surface area contributed by atoms with Gasteiger partial charge in [0.25, 0.3) is 0 Å². The van der Waals surface area contributed by atoms with Gasteiger partial charge in [-0.2, -0.15) is 0 Å². The second-order valence-electron chi connectivity index (χ2n) is 9.76. The third-order valence-electron chi connectivity index (χ3n) is 5.06. The van der Waals surface area contributed by atoms with Gasteiger partial charge in [-0.05, 0) is 101 Å². The molecule has 0 aliphatic rings. The normalized spacial score (nSPS) is 13.7. The molecule has 0 fully saturated rings. The highest BCUT2D eigenvalue weighted by molar-refractivity contribution is 5.73. The highest BCUT2D eigenvalue weighted by Crippen LogP contribution is 2.40. The van der Waals surface area contributed by atoms with E-state index >= 15 is 0 Å². The number of hydrogen-bond donors (Lipinski definition) is 4. The topological polar surface area (TPSA) is 80.9 Å². The number of aliphatic hydroxyl groups is 4. The van der Waals surface area contributed by atoms with E-state index in [4.69, 9.17) is 0 Å². The van der Waals surface area contributed by atoms with Crippen LogP contribution in [0.2, 0.25) is 0 Å². The molecule has 2 rings (SSSR count). The summed E-state index contributed by atoms with van der Waals surface area (Å²) in [7, 11) is 0. The molecule has 4 nitrogen and oxygen atoms in total. The molecule has 0 aromatic heterocycles. The molecule has 0 saturated heterocycles. The molecule has 0 atom stereocenters. The van der Waals surface area contributed by atoms with Crippen LogP contribution in [0.5, 0.6) is 0 Å². The zero-order valence-electron chi connectivity index (χ0n) is 18.3. The van der Waals surface area contributed by atoms with Crippen LogP contribution in [0.15, 0.2) is 36.4 Å². The first-order valence-corrected chi connectivity index (χ1v) is 9.62. The Morgan fingerprint density at radius 3 is 0.964 bits per heavy atom. The summed E-state index contributed by atoms with van der Waals surface area (Å²) in [5.41, 5.74) is -0.102. The molecule has 0 bridgehead atoms. The lowest BCUT2D eigenvalue weighted by Gasteiger charge is -2.30. The second kappa shape index (κ2) is 6.96. The van der Waals surface area contributed by atoms with Gasteiger partial charge in [0.2, 0.25) is 0 Å². The van der Waals surface area contributed by atoms with Gasteiger partial charge in [0.1, 0.15) is 0 Å². The summed E-state index contributed by atoms with van der Waals surface area (Å²) in [6, 6.07) is 11.0. The van der Waals surface area contributed by atoms with Gasteiger partial charge in [-0.1, -0.05) is 24.3 Å². The van der Waals surface area contributed by atoms with Crippen LogP contribution in [0.4, 0.5) is 0 Å². The maximum absolute atomic E-state index is 10.8. The maximum Gasteiger partial charge on any atom is 0.0846 e. The summed E-state index contributed by atoms with van der Waals surface area (Å²) in [5.74, 6) is 0. The minimum Gasteiger partial charge on any atom is -0.386 e. The van der Waals surface area contributed by atoms with Crippen LogP contribution in [0.1, 0.15) is 77.6 Å². The first-order valence-electron chi connectivity index (χ1n) is 9.62. The van der Waals surface area contributed by atoms with Crippen molar-refractivity contribution in [2.75, 3.05) is 0 Å². The van der Waals surface area contributed by atoms with E-state index in [9.17, 15) is 20.4 Å².